The normalized spacial score (nSPS) is 11.0. The van der Waals surface area contributed by atoms with Crippen LogP contribution >= 0.6 is 0 Å². The van der Waals surface area contributed by atoms with E-state index in [1.54, 1.807) is 12.1 Å². The van der Waals surface area contributed by atoms with Crippen LogP contribution < -0.4 is 15.7 Å². The minimum absolute atomic E-state index is 0.130. The number of ether oxygens (including phenoxy) is 1. The van der Waals surface area contributed by atoms with Crippen LogP contribution in [0.3, 0.4) is 0 Å². The van der Waals surface area contributed by atoms with Crippen LogP contribution in [-0.4, -0.2) is 12.5 Å². The average Bonchev–Trinajstić information content (AvgIpc) is 2.61. The number of carbonyl (C=O) groups is 1. The molecule has 0 atom stereocenters. The highest BCUT2D eigenvalue weighted by molar-refractivity contribution is 5.92. The molecule has 1 heterocycles. The second-order valence-electron chi connectivity index (χ2n) is 7.04. The minimum Gasteiger partial charge on any atom is -0.484 e. The Bertz CT molecular complexity index is 1000. The highest BCUT2D eigenvalue weighted by Gasteiger charge is 2.07. The van der Waals surface area contributed by atoms with Crippen LogP contribution in [0.4, 0.5) is 5.69 Å². The molecule has 0 aliphatic rings. The zero-order valence-corrected chi connectivity index (χ0v) is 15.7. The molecule has 1 N–H and O–H groups in total. The molecule has 0 aliphatic heterocycles. The summed E-state index contributed by atoms with van der Waals surface area (Å²) in [4.78, 5) is 23.6. The second kappa shape index (κ2) is 8.08. The van der Waals surface area contributed by atoms with E-state index in [4.69, 9.17) is 9.15 Å². The maximum Gasteiger partial charge on any atom is 0.336 e. The predicted octanol–water partition coefficient (Wildman–Crippen LogP) is 4.32. The lowest BCUT2D eigenvalue weighted by molar-refractivity contribution is -0.118. The summed E-state index contributed by atoms with van der Waals surface area (Å²) >= 11 is 0. The van der Waals surface area contributed by atoms with Gasteiger partial charge in [-0.1, -0.05) is 26.0 Å². The number of aryl methyl sites for hydroxylation is 1. The summed E-state index contributed by atoms with van der Waals surface area (Å²) in [6, 6.07) is 14.5. The van der Waals surface area contributed by atoms with Gasteiger partial charge in [0.05, 0.1) is 0 Å². The molecular formula is C22H23NO4. The Balaban J connectivity index is 1.60. The van der Waals surface area contributed by atoms with Gasteiger partial charge in [0.2, 0.25) is 0 Å². The van der Waals surface area contributed by atoms with Gasteiger partial charge in [0.1, 0.15) is 11.3 Å². The van der Waals surface area contributed by atoms with Crippen LogP contribution in [0.1, 0.15) is 25.0 Å². The molecule has 1 aromatic heterocycles. The van der Waals surface area contributed by atoms with E-state index < -0.39 is 5.63 Å². The molecule has 0 radical (unpaired) electrons. The van der Waals surface area contributed by atoms with Crippen LogP contribution in [0.5, 0.6) is 5.75 Å². The number of anilines is 1. The molecule has 140 valence electrons. The number of carbonyl (C=O) groups excluding carboxylic acids is 1. The zero-order chi connectivity index (χ0) is 19.4. The maximum atomic E-state index is 12.1. The maximum absolute atomic E-state index is 12.1. The van der Waals surface area contributed by atoms with Crippen molar-refractivity contribution in [2.24, 2.45) is 5.92 Å². The predicted molar refractivity (Wildman–Crippen MR) is 106 cm³/mol. The van der Waals surface area contributed by atoms with Crippen LogP contribution in [0.2, 0.25) is 0 Å². The minimum atomic E-state index is -0.407. The molecule has 0 bridgehead atoms. The van der Waals surface area contributed by atoms with Gasteiger partial charge in [0.15, 0.2) is 6.61 Å². The first-order valence-corrected chi connectivity index (χ1v) is 8.97. The van der Waals surface area contributed by atoms with E-state index >= 15 is 0 Å². The Morgan fingerprint density at radius 2 is 1.85 bits per heavy atom. The van der Waals surface area contributed by atoms with Crippen molar-refractivity contribution in [2.75, 3.05) is 11.9 Å². The van der Waals surface area contributed by atoms with E-state index in [-0.39, 0.29) is 12.5 Å². The topological polar surface area (TPSA) is 68.5 Å². The summed E-state index contributed by atoms with van der Waals surface area (Å²) < 4.78 is 10.7. The Morgan fingerprint density at radius 1 is 1.11 bits per heavy atom. The van der Waals surface area contributed by atoms with Crippen molar-refractivity contribution in [3.63, 3.8) is 0 Å². The monoisotopic (exact) mass is 365 g/mol. The fraction of sp³-hybridized carbons (Fsp3) is 0.273. The molecule has 0 fully saturated rings. The van der Waals surface area contributed by atoms with Crippen LogP contribution in [0, 0.1) is 12.8 Å². The molecule has 0 spiro atoms. The van der Waals surface area contributed by atoms with E-state index in [1.807, 2.05) is 37.3 Å². The SMILES string of the molecule is Cc1cc(=O)oc2cc(OCC(=O)Nc3ccc(CC(C)C)cc3)ccc12. The number of hydrogen-bond acceptors (Lipinski definition) is 4. The molecule has 3 rings (SSSR count). The van der Waals surface area contributed by atoms with Crippen LogP contribution in [0.25, 0.3) is 11.0 Å². The summed E-state index contributed by atoms with van der Waals surface area (Å²) in [5, 5.41) is 3.65. The van der Waals surface area contributed by atoms with E-state index in [0.29, 0.717) is 17.3 Å². The molecule has 0 saturated carbocycles. The zero-order valence-electron chi connectivity index (χ0n) is 15.7. The van der Waals surface area contributed by atoms with E-state index in [9.17, 15) is 9.59 Å². The molecular weight excluding hydrogens is 342 g/mol. The number of amides is 1. The van der Waals surface area contributed by atoms with Gasteiger partial charge in [-0.05, 0) is 54.7 Å². The molecule has 0 saturated heterocycles. The van der Waals surface area contributed by atoms with Crippen molar-refractivity contribution in [3.05, 3.63) is 70.1 Å². The summed E-state index contributed by atoms with van der Waals surface area (Å²) in [6.07, 6.45) is 1.01. The smallest absolute Gasteiger partial charge is 0.336 e. The van der Waals surface area contributed by atoms with Gasteiger partial charge in [-0.2, -0.15) is 0 Å². The highest BCUT2D eigenvalue weighted by Crippen LogP contribution is 2.22. The quantitative estimate of drug-likeness (QED) is 0.661. The third-order valence-corrected chi connectivity index (χ3v) is 4.17. The molecule has 1 amide bonds. The lowest BCUT2D eigenvalue weighted by Gasteiger charge is -2.10. The van der Waals surface area contributed by atoms with Crippen molar-refractivity contribution in [3.8, 4) is 5.75 Å². The number of rotatable bonds is 6. The standard InChI is InChI=1S/C22H23NO4/c1-14(2)10-16-4-6-17(7-5-16)23-21(24)13-26-18-8-9-19-15(3)11-22(25)27-20(19)12-18/h4-9,11-12,14H,10,13H2,1-3H3,(H,23,24). The van der Waals surface area contributed by atoms with Gasteiger partial charge in [-0.15, -0.1) is 0 Å². The lowest BCUT2D eigenvalue weighted by atomic mass is 10.0. The van der Waals surface area contributed by atoms with Crippen molar-refractivity contribution >= 4 is 22.6 Å². The third kappa shape index (κ3) is 4.97. The molecule has 0 unspecified atom stereocenters. The molecule has 5 nitrogen and oxygen atoms in total. The highest BCUT2D eigenvalue weighted by atomic mass is 16.5. The van der Waals surface area contributed by atoms with Crippen LogP contribution in [-0.2, 0) is 11.2 Å². The summed E-state index contributed by atoms with van der Waals surface area (Å²) in [5.41, 5.74) is 2.85. The average molecular weight is 365 g/mol. The number of fused-ring (bicyclic) bond motifs is 1. The fourth-order valence-electron chi connectivity index (χ4n) is 2.94. The van der Waals surface area contributed by atoms with Gasteiger partial charge >= 0.3 is 5.63 Å². The van der Waals surface area contributed by atoms with Gasteiger partial charge in [0.25, 0.3) is 5.91 Å². The van der Waals surface area contributed by atoms with Crippen molar-refractivity contribution < 1.29 is 13.9 Å². The number of benzene rings is 2. The fourth-order valence-corrected chi connectivity index (χ4v) is 2.94. The summed E-state index contributed by atoms with van der Waals surface area (Å²) in [6.45, 7) is 6.06. The van der Waals surface area contributed by atoms with Crippen LogP contribution in [0.15, 0.2) is 57.7 Å². The first kappa shape index (κ1) is 18.7. The first-order chi connectivity index (χ1) is 12.9. The van der Waals surface area contributed by atoms with Crippen molar-refractivity contribution in [1.29, 1.82) is 0 Å². The van der Waals surface area contributed by atoms with Gasteiger partial charge in [-0.3, -0.25) is 4.79 Å². The Hall–Kier alpha value is -3.08. The third-order valence-electron chi connectivity index (χ3n) is 4.17. The number of hydrogen-bond donors (Lipinski definition) is 1. The van der Waals surface area contributed by atoms with Gasteiger partial charge in [0, 0.05) is 23.2 Å². The molecule has 3 aromatic rings. The van der Waals surface area contributed by atoms with Gasteiger partial charge < -0.3 is 14.5 Å². The van der Waals surface area contributed by atoms with E-state index in [2.05, 4.69) is 19.2 Å². The van der Waals surface area contributed by atoms with E-state index in [0.717, 1.165) is 23.1 Å². The lowest BCUT2D eigenvalue weighted by Crippen LogP contribution is -2.20. The molecule has 0 aliphatic carbocycles. The van der Waals surface area contributed by atoms with Crippen molar-refractivity contribution in [1.82, 2.24) is 0 Å². The van der Waals surface area contributed by atoms with E-state index in [1.165, 1.54) is 11.6 Å². The number of nitrogens with one attached hydrogen (secondary N) is 1. The largest absolute Gasteiger partial charge is 0.484 e. The Labute approximate surface area is 158 Å². The summed E-state index contributed by atoms with van der Waals surface area (Å²) in [7, 11) is 0. The van der Waals surface area contributed by atoms with Crippen molar-refractivity contribution in [2.45, 2.75) is 27.2 Å². The first-order valence-electron chi connectivity index (χ1n) is 8.97. The summed E-state index contributed by atoms with van der Waals surface area (Å²) in [5.74, 6) is 0.810. The molecule has 2 aromatic carbocycles. The second-order valence-corrected chi connectivity index (χ2v) is 7.04. The Morgan fingerprint density at radius 3 is 2.56 bits per heavy atom. The molecule has 5 heteroatoms. The molecule has 27 heavy (non-hydrogen) atoms. The van der Waals surface area contributed by atoms with Gasteiger partial charge in [-0.25, -0.2) is 4.79 Å². The Kier molecular flexibility index (Phi) is 5.60.